The predicted molar refractivity (Wildman–Crippen MR) is 83.2 cm³/mol. The van der Waals surface area contributed by atoms with E-state index in [4.69, 9.17) is 4.52 Å². The highest BCUT2D eigenvalue weighted by Gasteiger charge is 2.25. The van der Waals surface area contributed by atoms with Crippen molar-refractivity contribution in [1.29, 1.82) is 0 Å². The number of rotatable bonds is 5. The van der Waals surface area contributed by atoms with Crippen LogP contribution in [0.4, 0.5) is 0 Å². The van der Waals surface area contributed by atoms with Gasteiger partial charge in [0.05, 0.1) is 0 Å². The van der Waals surface area contributed by atoms with E-state index < -0.39 is 0 Å². The fraction of sp³-hybridized carbons (Fsp3) is 0.800. The normalized spacial score (nSPS) is 19.6. The van der Waals surface area contributed by atoms with Gasteiger partial charge in [0, 0.05) is 33.1 Å². The van der Waals surface area contributed by atoms with Crippen molar-refractivity contribution >= 4 is 5.96 Å². The van der Waals surface area contributed by atoms with Gasteiger partial charge in [-0.1, -0.05) is 19.0 Å². The minimum Gasteiger partial charge on any atom is -0.356 e. The largest absolute Gasteiger partial charge is 0.356 e. The molecule has 1 saturated heterocycles. The molecular weight excluding hydrogens is 266 g/mol. The summed E-state index contributed by atoms with van der Waals surface area (Å²) in [5, 5.41) is 7.19. The van der Waals surface area contributed by atoms with Crippen LogP contribution in [0.15, 0.2) is 9.52 Å². The van der Waals surface area contributed by atoms with E-state index in [1.54, 1.807) is 0 Å². The standard InChI is InChI=1S/C15H27N5O/c1-11(2)9-13-6-8-20(10-13)15(16-4)17-7-5-14-18-12(3)19-21-14/h11,13H,5-10H2,1-4H3,(H,16,17). The van der Waals surface area contributed by atoms with Crippen LogP contribution in [0.5, 0.6) is 0 Å². The van der Waals surface area contributed by atoms with Crippen molar-refractivity contribution in [3.05, 3.63) is 11.7 Å². The Morgan fingerprint density at radius 1 is 1.52 bits per heavy atom. The monoisotopic (exact) mass is 293 g/mol. The summed E-state index contributed by atoms with van der Waals surface area (Å²) in [4.78, 5) is 10.9. The van der Waals surface area contributed by atoms with Crippen LogP contribution in [0.2, 0.25) is 0 Å². The van der Waals surface area contributed by atoms with E-state index >= 15 is 0 Å². The Morgan fingerprint density at radius 3 is 2.95 bits per heavy atom. The maximum Gasteiger partial charge on any atom is 0.228 e. The smallest absolute Gasteiger partial charge is 0.228 e. The lowest BCUT2D eigenvalue weighted by molar-refractivity contribution is 0.372. The molecule has 2 rings (SSSR count). The number of hydrogen-bond acceptors (Lipinski definition) is 4. The summed E-state index contributed by atoms with van der Waals surface area (Å²) in [6.45, 7) is 9.39. The van der Waals surface area contributed by atoms with Gasteiger partial charge < -0.3 is 14.7 Å². The number of aryl methyl sites for hydroxylation is 1. The first kappa shape index (κ1) is 15.8. The van der Waals surface area contributed by atoms with Crippen molar-refractivity contribution in [2.24, 2.45) is 16.8 Å². The lowest BCUT2D eigenvalue weighted by atomic mass is 9.97. The van der Waals surface area contributed by atoms with E-state index in [2.05, 4.69) is 39.2 Å². The van der Waals surface area contributed by atoms with Gasteiger partial charge in [0.1, 0.15) is 0 Å². The highest BCUT2D eigenvalue weighted by atomic mass is 16.5. The van der Waals surface area contributed by atoms with E-state index in [0.717, 1.165) is 43.9 Å². The molecule has 1 aromatic heterocycles. The minimum atomic E-state index is 0.676. The number of nitrogens with zero attached hydrogens (tertiary/aromatic N) is 4. The molecule has 1 aromatic rings. The molecule has 1 aliphatic rings. The maximum absolute atomic E-state index is 5.11. The van der Waals surface area contributed by atoms with Crippen LogP contribution in [-0.4, -0.2) is 47.7 Å². The molecule has 1 atom stereocenters. The topological polar surface area (TPSA) is 66.5 Å². The minimum absolute atomic E-state index is 0.676. The summed E-state index contributed by atoms with van der Waals surface area (Å²) in [6.07, 6.45) is 3.29. The molecule has 6 nitrogen and oxygen atoms in total. The van der Waals surface area contributed by atoms with Crippen molar-refractivity contribution in [3.63, 3.8) is 0 Å². The van der Waals surface area contributed by atoms with Crippen LogP contribution in [0, 0.1) is 18.8 Å². The van der Waals surface area contributed by atoms with E-state index in [1.165, 1.54) is 12.8 Å². The average Bonchev–Trinajstić information content (AvgIpc) is 3.03. The molecule has 1 N–H and O–H groups in total. The van der Waals surface area contributed by atoms with Crippen molar-refractivity contribution < 1.29 is 4.52 Å². The quantitative estimate of drug-likeness (QED) is 0.663. The van der Waals surface area contributed by atoms with Gasteiger partial charge in [-0.2, -0.15) is 4.98 Å². The number of nitrogens with one attached hydrogen (secondary N) is 1. The summed E-state index contributed by atoms with van der Waals surface area (Å²) in [7, 11) is 1.84. The van der Waals surface area contributed by atoms with Gasteiger partial charge >= 0.3 is 0 Å². The fourth-order valence-corrected chi connectivity index (χ4v) is 2.94. The number of aromatic nitrogens is 2. The number of aliphatic imine (C=N–C) groups is 1. The van der Waals surface area contributed by atoms with Crippen molar-refractivity contribution in [3.8, 4) is 0 Å². The Labute approximate surface area is 127 Å². The molecule has 2 heterocycles. The molecule has 0 radical (unpaired) electrons. The molecule has 0 saturated carbocycles. The summed E-state index contributed by atoms with van der Waals surface area (Å²) in [5.74, 6) is 3.91. The van der Waals surface area contributed by atoms with Gasteiger partial charge in [0.2, 0.25) is 5.89 Å². The molecule has 0 aliphatic carbocycles. The molecule has 0 aromatic carbocycles. The predicted octanol–water partition coefficient (Wildman–Crippen LogP) is 1.86. The van der Waals surface area contributed by atoms with Crippen molar-refractivity contribution in [2.45, 2.75) is 40.0 Å². The van der Waals surface area contributed by atoms with Gasteiger partial charge in [0.15, 0.2) is 11.8 Å². The maximum atomic E-state index is 5.11. The molecule has 0 amide bonds. The third kappa shape index (κ3) is 4.72. The van der Waals surface area contributed by atoms with Crippen molar-refractivity contribution in [1.82, 2.24) is 20.4 Å². The Kier molecular flexibility index (Phi) is 5.59. The first-order valence-electron chi connectivity index (χ1n) is 7.83. The van der Waals surface area contributed by atoms with E-state index in [0.29, 0.717) is 11.7 Å². The molecule has 0 spiro atoms. The van der Waals surface area contributed by atoms with Gasteiger partial charge in [-0.15, -0.1) is 0 Å². The van der Waals surface area contributed by atoms with Crippen LogP contribution < -0.4 is 5.32 Å². The lowest BCUT2D eigenvalue weighted by Crippen LogP contribution is -2.40. The summed E-state index contributed by atoms with van der Waals surface area (Å²) in [6, 6.07) is 0. The summed E-state index contributed by atoms with van der Waals surface area (Å²) < 4.78 is 5.11. The molecular formula is C15H27N5O. The van der Waals surface area contributed by atoms with E-state index in [-0.39, 0.29) is 0 Å². The van der Waals surface area contributed by atoms with E-state index in [1.807, 2.05) is 14.0 Å². The number of guanidine groups is 1. The van der Waals surface area contributed by atoms with Gasteiger partial charge in [-0.3, -0.25) is 4.99 Å². The average molecular weight is 293 g/mol. The van der Waals surface area contributed by atoms with Crippen LogP contribution in [0.1, 0.15) is 38.4 Å². The van der Waals surface area contributed by atoms with Crippen molar-refractivity contribution in [2.75, 3.05) is 26.7 Å². The van der Waals surface area contributed by atoms with Crippen LogP contribution in [0.3, 0.4) is 0 Å². The summed E-state index contributed by atoms with van der Waals surface area (Å²) in [5.41, 5.74) is 0. The van der Waals surface area contributed by atoms with Gasteiger partial charge in [-0.05, 0) is 31.6 Å². The van der Waals surface area contributed by atoms with Gasteiger partial charge in [-0.25, -0.2) is 0 Å². The third-order valence-electron chi connectivity index (χ3n) is 3.79. The molecule has 21 heavy (non-hydrogen) atoms. The van der Waals surface area contributed by atoms with Crippen LogP contribution in [0.25, 0.3) is 0 Å². The Hall–Kier alpha value is -1.59. The molecule has 6 heteroatoms. The highest BCUT2D eigenvalue weighted by Crippen LogP contribution is 2.23. The highest BCUT2D eigenvalue weighted by molar-refractivity contribution is 5.80. The Bertz CT molecular complexity index is 468. The Morgan fingerprint density at radius 2 is 2.33 bits per heavy atom. The molecule has 118 valence electrons. The molecule has 0 bridgehead atoms. The van der Waals surface area contributed by atoms with Crippen LogP contribution in [-0.2, 0) is 6.42 Å². The van der Waals surface area contributed by atoms with E-state index in [9.17, 15) is 0 Å². The second kappa shape index (κ2) is 7.43. The molecule has 1 aliphatic heterocycles. The zero-order valence-electron chi connectivity index (χ0n) is 13.6. The first-order valence-corrected chi connectivity index (χ1v) is 7.83. The molecule has 1 fully saturated rings. The van der Waals surface area contributed by atoms with Crippen LogP contribution >= 0.6 is 0 Å². The second-order valence-electron chi connectivity index (χ2n) is 6.19. The summed E-state index contributed by atoms with van der Waals surface area (Å²) >= 11 is 0. The zero-order valence-corrected chi connectivity index (χ0v) is 13.6. The SMILES string of the molecule is CN=C(NCCc1nc(C)no1)N1CCC(CC(C)C)C1. The number of hydrogen-bond donors (Lipinski definition) is 1. The van der Waals surface area contributed by atoms with Gasteiger partial charge in [0.25, 0.3) is 0 Å². The Balaban J connectivity index is 1.76. The molecule has 1 unspecified atom stereocenters. The first-order chi connectivity index (χ1) is 10.1. The second-order valence-corrected chi connectivity index (χ2v) is 6.19. The third-order valence-corrected chi connectivity index (χ3v) is 3.79. The fourth-order valence-electron chi connectivity index (χ4n) is 2.94. The lowest BCUT2D eigenvalue weighted by Gasteiger charge is -2.21. The number of likely N-dealkylation sites (tertiary alicyclic amines) is 1. The zero-order chi connectivity index (χ0) is 15.2.